The summed E-state index contributed by atoms with van der Waals surface area (Å²) in [4.78, 5) is 15.6. The van der Waals surface area contributed by atoms with Crippen LogP contribution in [0.15, 0.2) is 35.3 Å². The zero-order valence-electron chi connectivity index (χ0n) is 12.7. The number of ether oxygens (including phenoxy) is 1. The van der Waals surface area contributed by atoms with Crippen molar-refractivity contribution in [2.45, 2.75) is 13.3 Å². The lowest BCUT2D eigenvalue weighted by atomic mass is 10.1. The van der Waals surface area contributed by atoms with Gasteiger partial charge in [0.25, 0.3) is 5.69 Å². The van der Waals surface area contributed by atoms with Gasteiger partial charge >= 0.3 is 11.4 Å². The van der Waals surface area contributed by atoms with Crippen molar-refractivity contribution in [3.8, 4) is 17.1 Å². The van der Waals surface area contributed by atoms with E-state index in [-0.39, 0.29) is 17.1 Å². The first-order valence-electron chi connectivity index (χ1n) is 7.06. The minimum atomic E-state index is -0.307. The normalized spacial score (nSPS) is 11.0. The smallest absolute Gasteiger partial charge is 0.404 e. The standard InChI is InChI=1S/C16H17N3O3/c1-4-13-15(20)18(2)14(16(22-3)19(13)21)11-9-17-12-8-6-5-7-10(11)12/h5-9,17H,4H2,1-3H3. The minimum absolute atomic E-state index is 0.128. The van der Waals surface area contributed by atoms with Gasteiger partial charge in [0, 0.05) is 36.1 Å². The number of para-hydroxylation sites is 1. The van der Waals surface area contributed by atoms with Gasteiger partial charge < -0.3 is 14.9 Å². The third kappa shape index (κ3) is 1.88. The Bertz CT molecular complexity index is 909. The Kier molecular flexibility index (Phi) is 3.36. The molecule has 22 heavy (non-hydrogen) atoms. The van der Waals surface area contributed by atoms with Gasteiger partial charge in [0.2, 0.25) is 0 Å². The van der Waals surface area contributed by atoms with Crippen LogP contribution in [0.3, 0.4) is 0 Å². The molecule has 2 aromatic heterocycles. The highest BCUT2D eigenvalue weighted by atomic mass is 16.5. The maximum absolute atomic E-state index is 12.4. The van der Waals surface area contributed by atoms with Gasteiger partial charge in [-0.05, 0) is 6.07 Å². The van der Waals surface area contributed by atoms with Crippen LogP contribution in [0.4, 0.5) is 0 Å². The van der Waals surface area contributed by atoms with Gasteiger partial charge in [-0.2, -0.15) is 0 Å². The number of nitrogens with one attached hydrogen (secondary N) is 1. The third-order valence-electron chi connectivity index (χ3n) is 3.89. The summed E-state index contributed by atoms with van der Waals surface area (Å²) >= 11 is 0. The van der Waals surface area contributed by atoms with Crippen molar-refractivity contribution in [1.29, 1.82) is 0 Å². The third-order valence-corrected chi connectivity index (χ3v) is 3.89. The molecule has 0 aliphatic heterocycles. The number of rotatable bonds is 3. The molecule has 0 fully saturated rings. The molecule has 0 saturated carbocycles. The number of aromatic amines is 1. The number of fused-ring (bicyclic) bond motifs is 1. The van der Waals surface area contributed by atoms with Crippen LogP contribution >= 0.6 is 0 Å². The maximum Gasteiger partial charge on any atom is 0.404 e. The molecule has 0 radical (unpaired) electrons. The molecule has 6 heteroatoms. The number of benzene rings is 1. The van der Waals surface area contributed by atoms with Gasteiger partial charge in [-0.1, -0.05) is 25.1 Å². The van der Waals surface area contributed by atoms with Gasteiger partial charge in [-0.3, -0.25) is 9.36 Å². The van der Waals surface area contributed by atoms with Gasteiger partial charge in [-0.15, -0.1) is 4.73 Å². The Labute approximate surface area is 127 Å². The highest BCUT2D eigenvalue weighted by Gasteiger charge is 2.27. The maximum atomic E-state index is 12.4. The van der Waals surface area contributed by atoms with Crippen molar-refractivity contribution < 1.29 is 9.47 Å². The van der Waals surface area contributed by atoms with Gasteiger partial charge in [0.05, 0.1) is 7.11 Å². The van der Waals surface area contributed by atoms with Crippen LogP contribution in [0.1, 0.15) is 12.6 Å². The van der Waals surface area contributed by atoms with Gasteiger partial charge in [-0.25, -0.2) is 0 Å². The fourth-order valence-electron chi connectivity index (χ4n) is 2.78. The highest BCUT2D eigenvalue weighted by Crippen LogP contribution is 2.32. The monoisotopic (exact) mass is 299 g/mol. The van der Waals surface area contributed by atoms with Crippen LogP contribution in [0.2, 0.25) is 0 Å². The average molecular weight is 299 g/mol. The van der Waals surface area contributed by atoms with E-state index in [1.165, 1.54) is 11.7 Å². The van der Waals surface area contributed by atoms with Gasteiger partial charge in [0.15, 0.2) is 5.69 Å². The lowest BCUT2D eigenvalue weighted by Crippen LogP contribution is -2.44. The van der Waals surface area contributed by atoms with E-state index in [4.69, 9.17) is 4.74 Å². The predicted molar refractivity (Wildman–Crippen MR) is 83.9 cm³/mol. The van der Waals surface area contributed by atoms with E-state index in [0.717, 1.165) is 16.5 Å². The quantitative estimate of drug-likeness (QED) is 0.591. The molecule has 3 aromatic rings. The van der Waals surface area contributed by atoms with E-state index in [0.29, 0.717) is 16.8 Å². The summed E-state index contributed by atoms with van der Waals surface area (Å²) in [6.45, 7) is 1.77. The van der Waals surface area contributed by atoms with Crippen LogP contribution in [-0.2, 0) is 13.5 Å². The first kappa shape index (κ1) is 14.2. The molecular weight excluding hydrogens is 282 g/mol. The molecule has 0 bridgehead atoms. The van der Waals surface area contributed by atoms with Crippen molar-refractivity contribution in [2.24, 2.45) is 7.05 Å². The molecule has 0 spiro atoms. The predicted octanol–water partition coefficient (Wildman–Crippen LogP) is 1.74. The number of H-pyrrole nitrogens is 1. The molecular formula is C16H17N3O3. The number of nitrogens with zero attached hydrogens (tertiary/aromatic N) is 2. The molecule has 3 rings (SSSR count). The SMILES string of the molecule is CCc1c(=O)n(C)c(-c2c[nH]c3ccccc23)c(OC)[n+]1[O-]. The van der Waals surface area contributed by atoms with Crippen LogP contribution in [-0.4, -0.2) is 16.7 Å². The van der Waals surface area contributed by atoms with E-state index in [1.54, 1.807) is 20.2 Å². The average Bonchev–Trinajstić information content (AvgIpc) is 2.95. The molecule has 0 unspecified atom stereocenters. The van der Waals surface area contributed by atoms with E-state index >= 15 is 0 Å². The topological polar surface area (TPSA) is 74.0 Å². The summed E-state index contributed by atoms with van der Waals surface area (Å²) < 4.78 is 7.37. The summed E-state index contributed by atoms with van der Waals surface area (Å²) in [5.74, 6) is 0.128. The molecule has 0 saturated heterocycles. The Balaban J connectivity index is 2.43. The largest absolute Gasteiger partial charge is 0.616 e. The summed E-state index contributed by atoms with van der Waals surface area (Å²) in [5, 5.41) is 13.4. The zero-order valence-corrected chi connectivity index (χ0v) is 12.7. The molecule has 114 valence electrons. The first-order valence-corrected chi connectivity index (χ1v) is 7.06. The van der Waals surface area contributed by atoms with Crippen LogP contribution in [0.25, 0.3) is 22.2 Å². The molecule has 0 aliphatic carbocycles. The van der Waals surface area contributed by atoms with Crippen molar-refractivity contribution in [1.82, 2.24) is 9.55 Å². The van der Waals surface area contributed by atoms with E-state index < -0.39 is 0 Å². The molecule has 0 atom stereocenters. The lowest BCUT2D eigenvalue weighted by Gasteiger charge is -2.14. The van der Waals surface area contributed by atoms with Crippen LogP contribution < -0.4 is 15.0 Å². The number of hydrogen-bond acceptors (Lipinski definition) is 3. The Morgan fingerprint density at radius 3 is 2.77 bits per heavy atom. The second-order valence-corrected chi connectivity index (χ2v) is 5.06. The molecule has 1 aromatic carbocycles. The lowest BCUT2D eigenvalue weighted by molar-refractivity contribution is -0.621. The van der Waals surface area contributed by atoms with Crippen molar-refractivity contribution in [3.63, 3.8) is 0 Å². The molecule has 0 aliphatic rings. The van der Waals surface area contributed by atoms with Crippen molar-refractivity contribution >= 4 is 10.9 Å². The highest BCUT2D eigenvalue weighted by molar-refractivity contribution is 5.95. The Morgan fingerprint density at radius 1 is 1.36 bits per heavy atom. The molecule has 1 N–H and O–H groups in total. The Morgan fingerprint density at radius 2 is 2.09 bits per heavy atom. The molecule has 0 amide bonds. The first-order chi connectivity index (χ1) is 10.6. The fourth-order valence-corrected chi connectivity index (χ4v) is 2.78. The molecule has 2 heterocycles. The van der Waals surface area contributed by atoms with Gasteiger partial charge in [0.1, 0.15) is 0 Å². The fraction of sp³-hybridized carbons (Fsp3) is 0.250. The van der Waals surface area contributed by atoms with Crippen LogP contribution in [0, 0.1) is 5.21 Å². The summed E-state index contributed by atoms with van der Waals surface area (Å²) in [5.41, 5.74) is 2.03. The summed E-state index contributed by atoms with van der Waals surface area (Å²) in [6.07, 6.45) is 2.13. The Hall–Kier alpha value is -2.76. The van der Waals surface area contributed by atoms with E-state index in [1.807, 2.05) is 24.3 Å². The second kappa shape index (κ2) is 5.22. The minimum Gasteiger partial charge on any atom is -0.616 e. The molecule has 6 nitrogen and oxygen atoms in total. The number of methoxy groups -OCH3 is 1. The number of hydrogen-bond donors (Lipinski definition) is 1. The zero-order chi connectivity index (χ0) is 15.9. The number of aromatic nitrogens is 3. The van der Waals surface area contributed by atoms with E-state index in [2.05, 4.69) is 4.98 Å². The van der Waals surface area contributed by atoms with Crippen molar-refractivity contribution in [2.75, 3.05) is 7.11 Å². The van der Waals surface area contributed by atoms with E-state index in [9.17, 15) is 10.0 Å². The van der Waals surface area contributed by atoms with Crippen molar-refractivity contribution in [3.05, 3.63) is 51.7 Å². The summed E-state index contributed by atoms with van der Waals surface area (Å²) in [6, 6.07) is 7.71. The summed E-state index contributed by atoms with van der Waals surface area (Å²) in [7, 11) is 3.09. The second-order valence-electron chi connectivity index (χ2n) is 5.06. The van der Waals surface area contributed by atoms with Crippen LogP contribution in [0.5, 0.6) is 5.88 Å².